The molecule has 0 spiro atoms. The zero-order valence-electron chi connectivity index (χ0n) is 8.07. The highest BCUT2D eigenvalue weighted by molar-refractivity contribution is 4.96. The van der Waals surface area contributed by atoms with Crippen LogP contribution >= 0.6 is 0 Å². The summed E-state index contributed by atoms with van der Waals surface area (Å²) in [5, 5.41) is 8.73. The van der Waals surface area contributed by atoms with Gasteiger partial charge in [0.05, 0.1) is 18.7 Å². The molecule has 1 heterocycles. The Labute approximate surface area is 79.3 Å². The minimum Gasteiger partial charge on any atom is -0.377 e. The molecule has 1 aliphatic heterocycles. The van der Waals surface area contributed by atoms with Gasteiger partial charge >= 0.3 is 0 Å². The Balaban J connectivity index is 1.97. The lowest BCUT2D eigenvalue weighted by atomic mass is 10.1. The van der Waals surface area contributed by atoms with Gasteiger partial charge in [0.2, 0.25) is 0 Å². The highest BCUT2D eigenvalue weighted by Gasteiger charge is 2.38. The number of nitrogens with zero attached hydrogens (tertiary/aromatic N) is 2. The standard InChI is InChI=1S/C10H16N2O/c1-8-10(4-7-13-8)12(6-5-11)9-2-3-9/h8-10H,2-4,6-7H2,1H3. The number of hydrogen-bond acceptors (Lipinski definition) is 3. The van der Waals surface area contributed by atoms with Crippen molar-refractivity contribution < 1.29 is 4.74 Å². The summed E-state index contributed by atoms with van der Waals surface area (Å²) >= 11 is 0. The molecule has 0 amide bonds. The summed E-state index contributed by atoms with van der Waals surface area (Å²) in [5.41, 5.74) is 0. The van der Waals surface area contributed by atoms with Gasteiger partial charge in [-0.05, 0) is 26.2 Å². The van der Waals surface area contributed by atoms with Crippen molar-refractivity contribution in [2.45, 2.75) is 44.4 Å². The molecular weight excluding hydrogens is 164 g/mol. The molecule has 1 saturated heterocycles. The van der Waals surface area contributed by atoms with Gasteiger partial charge in [-0.2, -0.15) is 5.26 Å². The van der Waals surface area contributed by atoms with E-state index < -0.39 is 0 Å². The molecule has 1 saturated carbocycles. The lowest BCUT2D eigenvalue weighted by molar-refractivity contribution is 0.0761. The van der Waals surface area contributed by atoms with E-state index in [-0.39, 0.29) is 0 Å². The predicted octanol–water partition coefficient (Wildman–Crippen LogP) is 1.15. The Morgan fingerprint density at radius 3 is 2.69 bits per heavy atom. The maximum Gasteiger partial charge on any atom is 0.0871 e. The molecule has 2 aliphatic rings. The number of rotatable bonds is 3. The smallest absolute Gasteiger partial charge is 0.0871 e. The van der Waals surface area contributed by atoms with Crippen molar-refractivity contribution in [3.05, 3.63) is 0 Å². The van der Waals surface area contributed by atoms with Crippen LogP contribution in [0, 0.1) is 11.3 Å². The van der Waals surface area contributed by atoms with Gasteiger partial charge in [0, 0.05) is 18.7 Å². The van der Waals surface area contributed by atoms with Gasteiger partial charge in [-0.3, -0.25) is 4.90 Å². The molecule has 0 aromatic heterocycles. The fourth-order valence-corrected chi connectivity index (χ4v) is 2.16. The molecular formula is C10H16N2O. The molecule has 1 aliphatic carbocycles. The van der Waals surface area contributed by atoms with Crippen LogP contribution in [0.5, 0.6) is 0 Å². The molecule has 0 radical (unpaired) electrons. The van der Waals surface area contributed by atoms with E-state index >= 15 is 0 Å². The van der Waals surface area contributed by atoms with Gasteiger partial charge in [-0.25, -0.2) is 0 Å². The summed E-state index contributed by atoms with van der Waals surface area (Å²) in [4.78, 5) is 2.33. The first-order valence-corrected chi connectivity index (χ1v) is 5.07. The van der Waals surface area contributed by atoms with Crippen molar-refractivity contribution in [3.8, 4) is 6.07 Å². The molecule has 2 unspecified atom stereocenters. The largest absolute Gasteiger partial charge is 0.377 e. The molecule has 3 nitrogen and oxygen atoms in total. The van der Waals surface area contributed by atoms with Gasteiger partial charge in [0.15, 0.2) is 0 Å². The second kappa shape index (κ2) is 3.65. The molecule has 72 valence electrons. The first-order valence-electron chi connectivity index (χ1n) is 5.07. The average Bonchev–Trinajstić information content (AvgIpc) is 2.86. The summed E-state index contributed by atoms with van der Waals surface area (Å²) < 4.78 is 5.52. The minimum atomic E-state index is 0.314. The van der Waals surface area contributed by atoms with E-state index in [0.717, 1.165) is 13.0 Å². The van der Waals surface area contributed by atoms with Crippen LogP contribution in [0.25, 0.3) is 0 Å². The fourth-order valence-electron chi connectivity index (χ4n) is 2.16. The first-order chi connectivity index (χ1) is 6.33. The van der Waals surface area contributed by atoms with Crippen LogP contribution in [-0.4, -0.2) is 36.2 Å². The highest BCUT2D eigenvalue weighted by atomic mass is 16.5. The van der Waals surface area contributed by atoms with E-state index in [2.05, 4.69) is 17.9 Å². The number of nitriles is 1. The second-order valence-electron chi connectivity index (χ2n) is 3.99. The predicted molar refractivity (Wildman–Crippen MR) is 49.2 cm³/mol. The van der Waals surface area contributed by atoms with Crippen molar-refractivity contribution in [3.63, 3.8) is 0 Å². The van der Waals surface area contributed by atoms with E-state index in [1.54, 1.807) is 0 Å². The molecule has 0 bridgehead atoms. The van der Waals surface area contributed by atoms with Crippen LogP contribution in [0.1, 0.15) is 26.2 Å². The Morgan fingerprint density at radius 2 is 2.23 bits per heavy atom. The van der Waals surface area contributed by atoms with E-state index in [1.807, 2.05) is 0 Å². The van der Waals surface area contributed by atoms with Crippen LogP contribution in [0.3, 0.4) is 0 Å². The molecule has 0 aromatic carbocycles. The molecule has 2 fully saturated rings. The first kappa shape index (κ1) is 8.98. The minimum absolute atomic E-state index is 0.314. The third-order valence-corrected chi connectivity index (χ3v) is 3.03. The summed E-state index contributed by atoms with van der Waals surface area (Å²) in [5.74, 6) is 0. The second-order valence-corrected chi connectivity index (χ2v) is 3.99. The van der Waals surface area contributed by atoms with E-state index in [1.165, 1.54) is 12.8 Å². The highest BCUT2D eigenvalue weighted by Crippen LogP contribution is 2.32. The summed E-state index contributed by atoms with van der Waals surface area (Å²) in [6.07, 6.45) is 3.95. The monoisotopic (exact) mass is 180 g/mol. The summed E-state index contributed by atoms with van der Waals surface area (Å²) in [7, 11) is 0. The van der Waals surface area contributed by atoms with Crippen LogP contribution in [0.2, 0.25) is 0 Å². The fraction of sp³-hybridized carbons (Fsp3) is 0.900. The quantitative estimate of drug-likeness (QED) is 0.611. The van der Waals surface area contributed by atoms with Gasteiger partial charge in [-0.15, -0.1) is 0 Å². The molecule has 2 atom stereocenters. The van der Waals surface area contributed by atoms with Crippen molar-refractivity contribution in [2.24, 2.45) is 0 Å². The Kier molecular flexibility index (Phi) is 2.52. The summed E-state index contributed by atoms with van der Waals surface area (Å²) in [6.45, 7) is 3.55. The molecule has 3 heteroatoms. The average molecular weight is 180 g/mol. The Hall–Kier alpha value is -0.590. The van der Waals surface area contributed by atoms with Gasteiger partial charge < -0.3 is 4.74 Å². The van der Waals surface area contributed by atoms with Crippen LogP contribution in [-0.2, 0) is 4.74 Å². The van der Waals surface area contributed by atoms with E-state index in [0.29, 0.717) is 24.7 Å². The van der Waals surface area contributed by atoms with Crippen molar-refractivity contribution >= 4 is 0 Å². The van der Waals surface area contributed by atoms with Crippen molar-refractivity contribution in [1.29, 1.82) is 5.26 Å². The Bertz CT molecular complexity index is 219. The van der Waals surface area contributed by atoms with E-state index in [4.69, 9.17) is 10.00 Å². The van der Waals surface area contributed by atoms with Gasteiger partial charge in [0.25, 0.3) is 0 Å². The van der Waals surface area contributed by atoms with Gasteiger partial charge in [-0.1, -0.05) is 0 Å². The zero-order chi connectivity index (χ0) is 9.26. The topological polar surface area (TPSA) is 36.3 Å². The van der Waals surface area contributed by atoms with Crippen molar-refractivity contribution in [2.75, 3.05) is 13.2 Å². The molecule has 0 aromatic rings. The summed E-state index contributed by atoms with van der Waals surface area (Å²) in [6, 6.07) is 3.42. The molecule has 0 N–H and O–H groups in total. The van der Waals surface area contributed by atoms with Crippen molar-refractivity contribution in [1.82, 2.24) is 4.90 Å². The SMILES string of the molecule is CC1OCCC1N(CC#N)C1CC1. The van der Waals surface area contributed by atoms with Crippen LogP contribution < -0.4 is 0 Å². The van der Waals surface area contributed by atoms with E-state index in [9.17, 15) is 0 Å². The lowest BCUT2D eigenvalue weighted by Crippen LogP contribution is -2.41. The Morgan fingerprint density at radius 1 is 1.46 bits per heavy atom. The van der Waals surface area contributed by atoms with Gasteiger partial charge in [0.1, 0.15) is 0 Å². The van der Waals surface area contributed by atoms with Crippen LogP contribution in [0.15, 0.2) is 0 Å². The third kappa shape index (κ3) is 1.84. The zero-order valence-corrected chi connectivity index (χ0v) is 8.07. The maximum atomic E-state index is 8.73. The molecule has 13 heavy (non-hydrogen) atoms. The van der Waals surface area contributed by atoms with Crippen LogP contribution in [0.4, 0.5) is 0 Å². The third-order valence-electron chi connectivity index (χ3n) is 3.03. The normalized spacial score (nSPS) is 33.6. The lowest BCUT2D eigenvalue weighted by Gasteiger charge is -2.28. The molecule has 2 rings (SSSR count). The maximum absolute atomic E-state index is 8.73. The number of ether oxygens (including phenoxy) is 1. The number of hydrogen-bond donors (Lipinski definition) is 0.